The third-order valence-electron chi connectivity index (χ3n) is 5.69. The van der Waals surface area contributed by atoms with Crippen molar-refractivity contribution in [2.45, 2.75) is 51.5 Å². The molecule has 2 atom stereocenters. The Kier molecular flexibility index (Phi) is 9.11. The Bertz CT molecular complexity index is 1180. The van der Waals surface area contributed by atoms with Crippen LogP contribution in [0, 0.1) is 0 Å². The first-order valence-electron chi connectivity index (χ1n) is 12.2. The first-order chi connectivity index (χ1) is 18.0. The largest absolute Gasteiger partial charge is 0.480 e. The monoisotopic (exact) mass is 523 g/mol. The number of carbonyl (C=O) groups excluding carboxylic acids is 3. The molecule has 0 saturated carbocycles. The molecule has 1 heterocycles. The van der Waals surface area contributed by atoms with E-state index in [0.717, 1.165) is 15.4 Å². The first kappa shape index (κ1) is 28.2. The maximum Gasteiger partial charge on any atom is 0.410 e. The average molecular weight is 524 g/mol. The lowest BCUT2D eigenvalue weighted by Gasteiger charge is -2.39. The molecule has 2 N–H and O–H groups in total. The molecule has 0 aliphatic carbocycles. The van der Waals surface area contributed by atoms with E-state index in [1.165, 1.54) is 0 Å². The van der Waals surface area contributed by atoms with Crippen molar-refractivity contribution in [1.82, 2.24) is 10.2 Å². The minimum absolute atomic E-state index is 0.101. The Morgan fingerprint density at radius 1 is 1.16 bits per heavy atom. The van der Waals surface area contributed by atoms with Gasteiger partial charge in [0.25, 0.3) is 0 Å². The van der Waals surface area contributed by atoms with Gasteiger partial charge in [-0.05, 0) is 50.5 Å². The van der Waals surface area contributed by atoms with Crippen molar-refractivity contribution in [2.75, 3.05) is 18.0 Å². The second-order valence-electron chi connectivity index (χ2n) is 9.86. The zero-order valence-electron chi connectivity index (χ0n) is 21.8. The predicted molar refractivity (Wildman–Crippen MR) is 140 cm³/mol. The van der Waals surface area contributed by atoms with Gasteiger partial charge in [-0.2, -0.15) is 0 Å². The molecule has 1 unspecified atom stereocenters. The van der Waals surface area contributed by atoms with Gasteiger partial charge in [0.1, 0.15) is 18.8 Å². The van der Waals surface area contributed by atoms with Crippen LogP contribution in [0.4, 0.5) is 15.3 Å². The summed E-state index contributed by atoms with van der Waals surface area (Å²) in [6.45, 7) is 8.35. The molecule has 2 aromatic rings. The van der Waals surface area contributed by atoms with E-state index in [1.54, 1.807) is 51.1 Å². The molecule has 202 valence electrons. The lowest BCUT2D eigenvalue weighted by Crippen LogP contribution is -2.61. The number of nitrogens with one attached hydrogen (secondary N) is 1. The van der Waals surface area contributed by atoms with E-state index in [0.29, 0.717) is 17.7 Å². The SMILES string of the molecule is C=CCC(NC(=O)OCc1ccccc1)c1cccc(N2C(=O)CN(C(=O)OC(C)(C)C)C[C@@H]2C(=O)O)c1. The number of rotatable bonds is 8. The van der Waals surface area contributed by atoms with Crippen LogP contribution in [0.5, 0.6) is 0 Å². The van der Waals surface area contributed by atoms with Crippen LogP contribution >= 0.6 is 0 Å². The summed E-state index contributed by atoms with van der Waals surface area (Å²) in [6.07, 6.45) is 0.623. The highest BCUT2D eigenvalue weighted by Gasteiger charge is 2.41. The van der Waals surface area contributed by atoms with Crippen LogP contribution in [-0.2, 0) is 25.7 Å². The van der Waals surface area contributed by atoms with Crippen LogP contribution in [0.2, 0.25) is 0 Å². The number of ether oxygens (including phenoxy) is 2. The van der Waals surface area contributed by atoms with Gasteiger partial charge in [0, 0.05) is 5.69 Å². The van der Waals surface area contributed by atoms with Crippen molar-refractivity contribution in [3.8, 4) is 0 Å². The Morgan fingerprint density at radius 3 is 2.50 bits per heavy atom. The van der Waals surface area contributed by atoms with Crippen molar-refractivity contribution in [3.05, 3.63) is 78.4 Å². The summed E-state index contributed by atoms with van der Waals surface area (Å²) in [4.78, 5) is 52.5. The van der Waals surface area contributed by atoms with Gasteiger partial charge in [-0.15, -0.1) is 6.58 Å². The summed E-state index contributed by atoms with van der Waals surface area (Å²) in [5, 5.41) is 12.7. The summed E-state index contributed by atoms with van der Waals surface area (Å²) in [5.74, 6) is -1.83. The molecule has 38 heavy (non-hydrogen) atoms. The minimum atomic E-state index is -1.32. The highest BCUT2D eigenvalue weighted by molar-refractivity contribution is 6.03. The number of piperazine rings is 1. The lowest BCUT2D eigenvalue weighted by molar-refractivity contribution is -0.142. The van der Waals surface area contributed by atoms with E-state index in [9.17, 15) is 24.3 Å². The Labute approximate surface area is 221 Å². The minimum Gasteiger partial charge on any atom is -0.480 e. The van der Waals surface area contributed by atoms with Gasteiger partial charge in [0.2, 0.25) is 5.91 Å². The van der Waals surface area contributed by atoms with Gasteiger partial charge in [0.15, 0.2) is 6.04 Å². The van der Waals surface area contributed by atoms with Gasteiger partial charge in [-0.25, -0.2) is 14.4 Å². The fourth-order valence-electron chi connectivity index (χ4n) is 3.99. The summed E-state index contributed by atoms with van der Waals surface area (Å²) < 4.78 is 10.7. The summed E-state index contributed by atoms with van der Waals surface area (Å²) in [5.41, 5.74) is 1.01. The normalized spacial score (nSPS) is 16.4. The van der Waals surface area contributed by atoms with Crippen molar-refractivity contribution < 1.29 is 33.8 Å². The number of alkyl carbamates (subject to hydrolysis) is 1. The van der Waals surface area contributed by atoms with E-state index >= 15 is 0 Å². The maximum absolute atomic E-state index is 13.1. The topological polar surface area (TPSA) is 125 Å². The highest BCUT2D eigenvalue weighted by atomic mass is 16.6. The van der Waals surface area contributed by atoms with Crippen molar-refractivity contribution in [1.29, 1.82) is 0 Å². The number of amides is 3. The number of anilines is 1. The van der Waals surface area contributed by atoms with Gasteiger partial charge in [0.05, 0.1) is 12.6 Å². The number of hydrogen-bond donors (Lipinski definition) is 2. The molecule has 1 aliphatic heterocycles. The standard InChI is InChI=1S/C28H33N3O7/c1-5-10-22(29-26(35)37-18-19-11-7-6-8-12-19)20-13-9-14-21(15-20)31-23(25(33)34)16-30(17-24(31)32)27(36)38-28(2,3)4/h5-9,11-15,22-23H,1,10,16-18H2,2-4H3,(H,29,35)(H,33,34)/t22?,23-/m1/s1. The third kappa shape index (κ3) is 7.58. The second-order valence-corrected chi connectivity index (χ2v) is 9.86. The van der Waals surface area contributed by atoms with Crippen LogP contribution in [0.15, 0.2) is 67.3 Å². The molecule has 1 fully saturated rings. The number of hydrogen-bond acceptors (Lipinski definition) is 6. The van der Waals surface area contributed by atoms with Gasteiger partial charge in [-0.3, -0.25) is 14.6 Å². The third-order valence-corrected chi connectivity index (χ3v) is 5.69. The molecule has 0 spiro atoms. The molecule has 0 aromatic heterocycles. The van der Waals surface area contributed by atoms with E-state index in [-0.39, 0.29) is 19.7 Å². The fraction of sp³-hybridized carbons (Fsp3) is 0.357. The molecule has 0 radical (unpaired) electrons. The molecule has 1 aliphatic rings. The van der Waals surface area contributed by atoms with E-state index in [1.807, 2.05) is 30.3 Å². The maximum atomic E-state index is 13.1. The number of aliphatic carboxylic acids is 1. The van der Waals surface area contributed by atoms with Crippen molar-refractivity contribution >= 4 is 29.8 Å². The first-order valence-corrected chi connectivity index (χ1v) is 12.2. The molecule has 1 saturated heterocycles. The Hall–Kier alpha value is -4.34. The number of carbonyl (C=O) groups is 4. The molecule has 3 rings (SSSR count). The van der Waals surface area contributed by atoms with Crippen molar-refractivity contribution in [2.24, 2.45) is 0 Å². The van der Waals surface area contributed by atoms with E-state index in [2.05, 4.69) is 11.9 Å². The van der Waals surface area contributed by atoms with Crippen LogP contribution in [0.1, 0.15) is 44.4 Å². The van der Waals surface area contributed by atoms with Gasteiger partial charge in [-0.1, -0.05) is 48.5 Å². The average Bonchev–Trinajstić information content (AvgIpc) is 2.86. The quantitative estimate of drug-likeness (QED) is 0.495. The summed E-state index contributed by atoms with van der Waals surface area (Å²) >= 11 is 0. The lowest BCUT2D eigenvalue weighted by atomic mass is 10.0. The highest BCUT2D eigenvalue weighted by Crippen LogP contribution is 2.27. The van der Waals surface area contributed by atoms with Crippen LogP contribution in [0.25, 0.3) is 0 Å². The number of carboxylic acids is 1. The van der Waals surface area contributed by atoms with Crippen molar-refractivity contribution in [3.63, 3.8) is 0 Å². The second kappa shape index (κ2) is 12.3. The predicted octanol–water partition coefficient (Wildman–Crippen LogP) is 4.27. The molecular weight excluding hydrogens is 490 g/mol. The van der Waals surface area contributed by atoms with Gasteiger partial charge < -0.3 is 19.9 Å². The zero-order valence-corrected chi connectivity index (χ0v) is 21.8. The summed E-state index contributed by atoms with van der Waals surface area (Å²) in [6, 6.07) is 14.1. The molecule has 3 amide bonds. The van der Waals surface area contributed by atoms with E-state index < -0.39 is 41.7 Å². The number of carboxylic acid groups (broad SMARTS) is 1. The van der Waals surface area contributed by atoms with Crippen LogP contribution in [0.3, 0.4) is 0 Å². The smallest absolute Gasteiger partial charge is 0.410 e. The Morgan fingerprint density at radius 2 is 1.87 bits per heavy atom. The molecule has 10 nitrogen and oxygen atoms in total. The van der Waals surface area contributed by atoms with E-state index in [4.69, 9.17) is 9.47 Å². The molecule has 0 bridgehead atoms. The van der Waals surface area contributed by atoms with Crippen LogP contribution in [-0.4, -0.2) is 58.8 Å². The fourth-order valence-corrected chi connectivity index (χ4v) is 3.99. The molecule has 2 aromatic carbocycles. The number of nitrogens with zero attached hydrogens (tertiary/aromatic N) is 2. The molecular formula is C28H33N3O7. The van der Waals surface area contributed by atoms with Crippen LogP contribution < -0.4 is 10.2 Å². The zero-order chi connectivity index (χ0) is 27.9. The van der Waals surface area contributed by atoms with Gasteiger partial charge >= 0.3 is 18.2 Å². The molecule has 10 heteroatoms. The summed E-state index contributed by atoms with van der Waals surface area (Å²) in [7, 11) is 0. The number of benzene rings is 2. The Balaban J connectivity index is 1.77.